The normalized spacial score (nSPS) is 11.2. The zero-order chi connectivity index (χ0) is 14.0. The van der Waals surface area contributed by atoms with Gasteiger partial charge in [-0.1, -0.05) is 0 Å². The summed E-state index contributed by atoms with van der Waals surface area (Å²) < 4.78 is 0. The van der Waals surface area contributed by atoms with E-state index in [0.29, 0.717) is 6.54 Å². The summed E-state index contributed by atoms with van der Waals surface area (Å²) >= 11 is 3.33. The third kappa shape index (κ3) is 3.49. The Morgan fingerprint density at radius 3 is 2.63 bits per heavy atom. The second-order valence-electron chi connectivity index (χ2n) is 4.78. The van der Waals surface area contributed by atoms with Crippen molar-refractivity contribution in [3.63, 3.8) is 0 Å². The van der Waals surface area contributed by atoms with Crippen molar-refractivity contribution in [3.8, 4) is 0 Å². The SMILES string of the molecule is Cc1cc(C(=O)CN(C)Cc2scnc2C)c(C)s1. The number of hydrogen-bond acceptors (Lipinski definition) is 5. The first kappa shape index (κ1) is 14.4. The van der Waals surface area contributed by atoms with Crippen LogP contribution in [0.25, 0.3) is 0 Å². The van der Waals surface area contributed by atoms with Gasteiger partial charge >= 0.3 is 0 Å². The van der Waals surface area contributed by atoms with E-state index in [1.807, 2.05) is 39.4 Å². The number of rotatable bonds is 5. The van der Waals surface area contributed by atoms with E-state index in [4.69, 9.17) is 0 Å². The van der Waals surface area contributed by atoms with Crippen molar-refractivity contribution in [1.82, 2.24) is 9.88 Å². The fourth-order valence-corrected chi connectivity index (χ4v) is 3.82. The molecule has 0 saturated carbocycles. The first-order valence-corrected chi connectivity index (χ1v) is 7.84. The molecule has 2 aromatic rings. The summed E-state index contributed by atoms with van der Waals surface area (Å²) in [6.45, 7) is 7.30. The Labute approximate surface area is 121 Å². The molecule has 5 heteroatoms. The third-order valence-corrected chi connectivity index (χ3v) is 4.90. The number of ketones is 1. The van der Waals surface area contributed by atoms with Crippen molar-refractivity contribution in [1.29, 1.82) is 0 Å². The fraction of sp³-hybridized carbons (Fsp3) is 0.429. The van der Waals surface area contributed by atoms with Crippen LogP contribution in [-0.4, -0.2) is 29.3 Å². The van der Waals surface area contributed by atoms with Gasteiger partial charge in [0.1, 0.15) is 0 Å². The number of hydrogen-bond donors (Lipinski definition) is 0. The van der Waals surface area contributed by atoms with Crippen LogP contribution in [0.4, 0.5) is 0 Å². The average molecular weight is 294 g/mol. The summed E-state index contributed by atoms with van der Waals surface area (Å²) in [6, 6.07) is 1.99. The van der Waals surface area contributed by atoms with E-state index in [-0.39, 0.29) is 5.78 Å². The maximum absolute atomic E-state index is 12.3. The van der Waals surface area contributed by atoms with E-state index in [1.165, 1.54) is 9.75 Å². The molecule has 0 amide bonds. The molecule has 19 heavy (non-hydrogen) atoms. The molecule has 0 radical (unpaired) electrons. The van der Waals surface area contributed by atoms with Crippen LogP contribution in [0.5, 0.6) is 0 Å². The highest BCUT2D eigenvalue weighted by atomic mass is 32.1. The van der Waals surface area contributed by atoms with Gasteiger partial charge in [0.2, 0.25) is 0 Å². The zero-order valence-electron chi connectivity index (χ0n) is 11.7. The van der Waals surface area contributed by atoms with Crippen LogP contribution in [0, 0.1) is 20.8 Å². The van der Waals surface area contributed by atoms with Gasteiger partial charge in [-0.25, -0.2) is 4.98 Å². The molecule has 0 aliphatic heterocycles. The van der Waals surface area contributed by atoms with Crippen LogP contribution >= 0.6 is 22.7 Å². The number of thiophene rings is 1. The lowest BCUT2D eigenvalue weighted by Crippen LogP contribution is -2.25. The Bertz CT molecular complexity index is 586. The Kier molecular flexibility index (Phi) is 4.50. The quantitative estimate of drug-likeness (QED) is 0.792. The van der Waals surface area contributed by atoms with Gasteiger partial charge in [-0.2, -0.15) is 0 Å². The van der Waals surface area contributed by atoms with Gasteiger partial charge in [0, 0.05) is 26.7 Å². The van der Waals surface area contributed by atoms with Crippen molar-refractivity contribution in [2.24, 2.45) is 0 Å². The first-order chi connectivity index (χ1) is 8.97. The van der Waals surface area contributed by atoms with Gasteiger partial charge in [-0.3, -0.25) is 9.69 Å². The summed E-state index contributed by atoms with van der Waals surface area (Å²) in [5.41, 5.74) is 3.79. The number of thiazole rings is 1. The van der Waals surface area contributed by atoms with E-state index in [9.17, 15) is 4.79 Å². The van der Waals surface area contributed by atoms with Gasteiger partial charge in [-0.05, 0) is 33.9 Å². The maximum Gasteiger partial charge on any atom is 0.177 e. The summed E-state index contributed by atoms with van der Waals surface area (Å²) in [4.78, 5) is 22.1. The molecule has 3 nitrogen and oxygen atoms in total. The lowest BCUT2D eigenvalue weighted by molar-refractivity contribution is 0.0943. The molecule has 2 heterocycles. The topological polar surface area (TPSA) is 33.2 Å². The van der Waals surface area contributed by atoms with E-state index < -0.39 is 0 Å². The Hall–Kier alpha value is -1.04. The molecule has 0 N–H and O–H groups in total. The monoisotopic (exact) mass is 294 g/mol. The van der Waals surface area contributed by atoms with E-state index >= 15 is 0 Å². The smallest absolute Gasteiger partial charge is 0.177 e. The van der Waals surface area contributed by atoms with Crippen LogP contribution in [-0.2, 0) is 6.54 Å². The predicted octanol–water partition coefficient (Wildman–Crippen LogP) is 3.44. The molecule has 2 aromatic heterocycles. The number of Topliss-reactive ketones (excluding diaryl/α,β-unsaturated/α-hetero) is 1. The van der Waals surface area contributed by atoms with Crippen molar-refractivity contribution >= 4 is 28.5 Å². The Morgan fingerprint density at radius 2 is 2.11 bits per heavy atom. The lowest BCUT2D eigenvalue weighted by atomic mass is 10.1. The van der Waals surface area contributed by atoms with Gasteiger partial charge in [0.25, 0.3) is 0 Å². The van der Waals surface area contributed by atoms with Crippen molar-refractivity contribution < 1.29 is 4.79 Å². The molecule has 0 aliphatic carbocycles. The Morgan fingerprint density at radius 1 is 1.37 bits per heavy atom. The summed E-state index contributed by atoms with van der Waals surface area (Å²) in [5.74, 6) is 0.200. The van der Waals surface area contributed by atoms with Crippen LogP contribution in [0.2, 0.25) is 0 Å². The summed E-state index contributed by atoms with van der Waals surface area (Å²) in [5, 5.41) is 0. The standard InChI is InChI=1S/C14H18N2OS2/c1-9-5-12(11(3)19-9)13(17)6-16(4)7-14-10(2)15-8-18-14/h5,8H,6-7H2,1-4H3. The van der Waals surface area contributed by atoms with Gasteiger partial charge in [0.15, 0.2) is 5.78 Å². The number of nitrogens with zero attached hydrogens (tertiary/aromatic N) is 2. The van der Waals surface area contributed by atoms with Crippen LogP contribution in [0.1, 0.15) is 30.7 Å². The molecular formula is C14H18N2OS2. The number of aryl methyl sites for hydroxylation is 3. The van der Waals surface area contributed by atoms with Crippen LogP contribution in [0.15, 0.2) is 11.6 Å². The van der Waals surface area contributed by atoms with Crippen molar-refractivity contribution in [3.05, 3.63) is 37.5 Å². The summed E-state index contributed by atoms with van der Waals surface area (Å²) in [6.07, 6.45) is 0. The van der Waals surface area contributed by atoms with Crippen molar-refractivity contribution in [2.75, 3.05) is 13.6 Å². The highest BCUT2D eigenvalue weighted by Crippen LogP contribution is 2.21. The molecule has 0 bridgehead atoms. The minimum atomic E-state index is 0.200. The van der Waals surface area contributed by atoms with Crippen LogP contribution in [0.3, 0.4) is 0 Å². The average Bonchev–Trinajstić information content (AvgIpc) is 2.85. The minimum Gasteiger partial charge on any atom is -0.294 e. The molecule has 0 aliphatic rings. The number of carbonyl (C=O) groups excluding carboxylic acids is 1. The predicted molar refractivity (Wildman–Crippen MR) is 81.3 cm³/mol. The fourth-order valence-electron chi connectivity index (χ4n) is 2.02. The lowest BCUT2D eigenvalue weighted by Gasteiger charge is -2.14. The molecule has 0 atom stereocenters. The van der Waals surface area contributed by atoms with Gasteiger partial charge in [-0.15, -0.1) is 22.7 Å². The zero-order valence-corrected chi connectivity index (χ0v) is 13.3. The molecular weight excluding hydrogens is 276 g/mol. The third-order valence-electron chi connectivity index (χ3n) is 3.01. The molecule has 0 fully saturated rings. The second kappa shape index (κ2) is 5.94. The minimum absolute atomic E-state index is 0.200. The summed E-state index contributed by atoms with van der Waals surface area (Å²) in [7, 11) is 1.98. The second-order valence-corrected chi connectivity index (χ2v) is 7.18. The number of carbonyl (C=O) groups is 1. The molecule has 0 aromatic carbocycles. The van der Waals surface area contributed by atoms with E-state index in [0.717, 1.165) is 22.7 Å². The van der Waals surface area contributed by atoms with E-state index in [1.54, 1.807) is 22.7 Å². The van der Waals surface area contributed by atoms with Crippen molar-refractivity contribution in [2.45, 2.75) is 27.3 Å². The van der Waals surface area contributed by atoms with Gasteiger partial charge < -0.3 is 0 Å². The number of aromatic nitrogens is 1. The maximum atomic E-state index is 12.3. The molecule has 0 spiro atoms. The highest BCUT2D eigenvalue weighted by Gasteiger charge is 2.15. The van der Waals surface area contributed by atoms with E-state index in [2.05, 4.69) is 9.88 Å². The molecule has 102 valence electrons. The Balaban J connectivity index is 1.99. The molecule has 2 rings (SSSR count). The highest BCUT2D eigenvalue weighted by molar-refractivity contribution is 7.12. The molecule has 0 unspecified atom stereocenters. The van der Waals surface area contributed by atoms with Gasteiger partial charge in [0.05, 0.1) is 17.7 Å². The number of likely N-dealkylation sites (N-methyl/N-ethyl adjacent to an activating group) is 1. The van der Waals surface area contributed by atoms with Crippen LogP contribution < -0.4 is 0 Å². The largest absolute Gasteiger partial charge is 0.294 e. The molecule has 0 saturated heterocycles. The first-order valence-electron chi connectivity index (χ1n) is 6.15.